The predicted molar refractivity (Wildman–Crippen MR) is 475 cm³/mol. The highest BCUT2D eigenvalue weighted by atomic mass is 15.0. The average molecular weight is 1540 g/mol. The number of pyridine rings is 6. The molecule has 120 heavy (non-hydrogen) atoms. The Morgan fingerprint density at radius 1 is 0.108 bits per heavy atom. The van der Waals surface area contributed by atoms with Crippen molar-refractivity contribution < 1.29 is 0 Å². The van der Waals surface area contributed by atoms with Gasteiger partial charge in [-0.2, -0.15) is 0 Å². The highest BCUT2D eigenvalue weighted by Gasteiger charge is 2.22. The third-order valence-electron chi connectivity index (χ3n) is 20.1. The first-order valence-corrected chi connectivity index (χ1v) is 39.2. The Balaban J connectivity index is 0.000000159. The van der Waals surface area contributed by atoms with Crippen molar-refractivity contribution in [1.82, 2.24) is 79.7 Å². The average Bonchev–Trinajstić information content (AvgIpc) is 0.762. The molecule has 0 atom stereocenters. The molecule has 564 valence electrons. The summed E-state index contributed by atoms with van der Waals surface area (Å²) >= 11 is 0. The van der Waals surface area contributed by atoms with Crippen LogP contribution >= 0.6 is 0 Å². The van der Waals surface area contributed by atoms with Crippen LogP contribution in [0.25, 0.3) is 204 Å². The van der Waals surface area contributed by atoms with Crippen molar-refractivity contribution in [3.63, 3.8) is 0 Å². The number of hydrogen-bond donors (Lipinski definition) is 0. The van der Waals surface area contributed by atoms with E-state index in [0.717, 1.165) is 123 Å². The van der Waals surface area contributed by atoms with Crippen LogP contribution < -0.4 is 0 Å². The predicted octanol–water partition coefficient (Wildman–Crippen LogP) is 23.7. The van der Waals surface area contributed by atoms with Crippen LogP contribution in [0.4, 0.5) is 0 Å². The van der Waals surface area contributed by atoms with Gasteiger partial charge >= 0.3 is 0 Å². The van der Waals surface area contributed by atoms with E-state index in [1.165, 1.54) is 0 Å². The number of rotatable bonds is 18. The summed E-state index contributed by atoms with van der Waals surface area (Å²) in [5, 5.41) is 0. The molecule has 16 heteroatoms. The van der Waals surface area contributed by atoms with Crippen molar-refractivity contribution in [2.24, 2.45) is 0 Å². The molecule has 0 bridgehead atoms. The van der Waals surface area contributed by atoms with E-state index in [-0.39, 0.29) is 0 Å². The molecule has 10 aromatic heterocycles. The van der Waals surface area contributed by atoms with Gasteiger partial charge in [0.25, 0.3) is 0 Å². The lowest BCUT2D eigenvalue weighted by atomic mass is 9.97. The van der Waals surface area contributed by atoms with Gasteiger partial charge in [0.05, 0.1) is 68.3 Å². The van der Waals surface area contributed by atoms with Gasteiger partial charge in [-0.3, -0.25) is 19.9 Å². The lowest BCUT2D eigenvalue weighted by Gasteiger charge is -2.14. The van der Waals surface area contributed by atoms with Crippen molar-refractivity contribution in [2.45, 2.75) is 0 Å². The molecule has 0 aliphatic carbocycles. The van der Waals surface area contributed by atoms with Crippen LogP contribution in [0, 0.1) is 0 Å². The number of nitrogens with zero attached hydrogens (tertiary/aromatic N) is 16. The third kappa shape index (κ3) is 16.5. The minimum atomic E-state index is 0.556. The molecule has 0 aliphatic heterocycles. The molecule has 0 fully saturated rings. The van der Waals surface area contributed by atoms with Gasteiger partial charge in [-0.1, -0.05) is 297 Å². The lowest BCUT2D eigenvalue weighted by Crippen LogP contribution is -2.01. The van der Waals surface area contributed by atoms with Gasteiger partial charge in [0, 0.05) is 91.5 Å². The van der Waals surface area contributed by atoms with Crippen LogP contribution in [0.15, 0.2) is 413 Å². The van der Waals surface area contributed by atoms with Crippen LogP contribution in [-0.4, -0.2) is 79.7 Å². The summed E-state index contributed by atoms with van der Waals surface area (Å²) in [6.07, 6.45) is 7.13. The Bertz CT molecular complexity index is 6570. The second-order valence-corrected chi connectivity index (χ2v) is 28.1. The third-order valence-corrected chi connectivity index (χ3v) is 20.1. The summed E-state index contributed by atoms with van der Waals surface area (Å²) in [4.78, 5) is 79.6. The Morgan fingerprint density at radius 3 is 0.725 bits per heavy atom. The van der Waals surface area contributed by atoms with Crippen molar-refractivity contribution in [3.05, 3.63) is 413 Å². The summed E-state index contributed by atoms with van der Waals surface area (Å²) < 4.78 is 0. The van der Waals surface area contributed by atoms with Crippen LogP contribution in [-0.2, 0) is 0 Å². The fraction of sp³-hybridized carbons (Fsp3) is 0. The first-order valence-electron chi connectivity index (χ1n) is 39.2. The zero-order chi connectivity index (χ0) is 80.2. The zero-order valence-electron chi connectivity index (χ0n) is 64.4. The molecule has 0 aliphatic rings. The Kier molecular flexibility index (Phi) is 20.9. The summed E-state index contributed by atoms with van der Waals surface area (Å²) in [6, 6.07) is 129. The molecular formula is C104H68N16. The topological polar surface area (TPSA) is 206 Å². The molecule has 20 aromatic rings. The Labute approximate surface area is 692 Å². The van der Waals surface area contributed by atoms with Gasteiger partial charge in [-0.15, -0.1) is 0 Å². The molecular weight excluding hydrogens is 1470 g/mol. The minimum Gasteiger partial charge on any atom is -0.255 e. The van der Waals surface area contributed by atoms with Gasteiger partial charge in [0.15, 0.2) is 46.6 Å². The standard InChI is InChI=1S/2C52H34N8/c1-5-17-35(18-6-1)44-34-45(36-19-7-2-8-20-36)57-51(56-44)39-28-30-54-46(31-39)48-33-40(32-47(55-48)43-27-15-16-29-53-43)41-25-13-14-26-42(41)52-59-49(37-21-9-3-10-22-37)58-50(60-52)38-23-11-4-12-24-38;1-5-16-35(17-6-1)44-34-45(36-18-7-2-8-19-36)57-51(56-44)41-27-29-54-46(31-41)48-33-42(32-47(55-48)43-26-13-14-28-53-43)39-24-15-25-40(30-39)52-59-49(37-20-9-3-10-21-37)58-50(60-52)38-22-11-4-12-23-38/h2*1-34H. The highest BCUT2D eigenvalue weighted by Crippen LogP contribution is 2.40. The van der Waals surface area contributed by atoms with E-state index in [0.29, 0.717) is 80.8 Å². The van der Waals surface area contributed by atoms with Crippen LogP contribution in [0.5, 0.6) is 0 Å². The van der Waals surface area contributed by atoms with Crippen molar-refractivity contribution in [3.8, 4) is 204 Å². The summed E-state index contributed by atoms with van der Waals surface area (Å²) in [5.41, 5.74) is 23.6. The smallest absolute Gasteiger partial charge is 0.164 e. The molecule has 10 aromatic carbocycles. The number of aromatic nitrogens is 16. The van der Waals surface area contributed by atoms with E-state index < -0.39 is 0 Å². The van der Waals surface area contributed by atoms with E-state index in [9.17, 15) is 0 Å². The Morgan fingerprint density at radius 2 is 0.367 bits per heavy atom. The molecule has 20 rings (SSSR count). The van der Waals surface area contributed by atoms with Crippen molar-refractivity contribution >= 4 is 0 Å². The zero-order valence-corrected chi connectivity index (χ0v) is 64.4. The van der Waals surface area contributed by atoms with Crippen LogP contribution in [0.3, 0.4) is 0 Å². The molecule has 10 heterocycles. The summed E-state index contributed by atoms with van der Waals surface area (Å²) in [5.74, 6) is 4.70. The van der Waals surface area contributed by atoms with E-state index in [1.807, 2.05) is 291 Å². The molecule has 16 nitrogen and oxygen atoms in total. The van der Waals surface area contributed by atoms with E-state index in [4.69, 9.17) is 74.8 Å². The van der Waals surface area contributed by atoms with Crippen LogP contribution in [0.2, 0.25) is 0 Å². The van der Waals surface area contributed by atoms with Crippen LogP contribution in [0.1, 0.15) is 0 Å². The molecule has 0 saturated carbocycles. The molecule has 0 radical (unpaired) electrons. The molecule has 0 unspecified atom stereocenters. The fourth-order valence-corrected chi connectivity index (χ4v) is 14.2. The summed E-state index contributed by atoms with van der Waals surface area (Å²) in [6.45, 7) is 0. The minimum absolute atomic E-state index is 0.556. The van der Waals surface area contributed by atoms with Gasteiger partial charge < -0.3 is 0 Å². The quantitative estimate of drug-likeness (QED) is 0.0783. The van der Waals surface area contributed by atoms with Gasteiger partial charge in [0.1, 0.15) is 0 Å². The lowest BCUT2D eigenvalue weighted by molar-refractivity contribution is 1.07. The Hall–Kier alpha value is -16.7. The number of hydrogen-bond acceptors (Lipinski definition) is 16. The SMILES string of the molecule is c1ccc(-c2cc(-c3ccccc3)nc(-c3ccnc(-c4cc(-c5cccc(-c6nc(-c7ccccc7)nc(-c7ccccc7)n6)c5)cc(-c5ccccn5)n4)c3)n2)cc1.c1ccc(-c2cc(-c3ccccc3)nc(-c3ccnc(-c4cc(-c5ccccc5-c5nc(-c6ccccc6)nc(-c6ccccc6)n5)cc(-c5ccccn5)n4)c3)n2)cc1. The first-order chi connectivity index (χ1) is 59.4. The second kappa shape index (κ2) is 34.1. The highest BCUT2D eigenvalue weighted by molar-refractivity contribution is 5.87. The molecule has 0 spiro atoms. The normalized spacial score (nSPS) is 11.0. The maximum atomic E-state index is 5.17. The second-order valence-electron chi connectivity index (χ2n) is 28.1. The van der Waals surface area contributed by atoms with Gasteiger partial charge in [0.2, 0.25) is 0 Å². The maximum absolute atomic E-state index is 5.17. The summed E-state index contributed by atoms with van der Waals surface area (Å²) in [7, 11) is 0. The van der Waals surface area contributed by atoms with Crippen molar-refractivity contribution in [2.75, 3.05) is 0 Å². The van der Waals surface area contributed by atoms with Gasteiger partial charge in [-0.05, 0) is 113 Å². The van der Waals surface area contributed by atoms with E-state index in [2.05, 4.69) is 102 Å². The molecule has 0 N–H and O–H groups in total. The monoisotopic (exact) mass is 1540 g/mol. The van der Waals surface area contributed by atoms with E-state index >= 15 is 0 Å². The largest absolute Gasteiger partial charge is 0.255 e. The first kappa shape index (κ1) is 73.5. The molecule has 0 amide bonds. The molecule has 0 saturated heterocycles. The van der Waals surface area contributed by atoms with Gasteiger partial charge in [-0.25, -0.2) is 59.8 Å². The van der Waals surface area contributed by atoms with E-state index in [1.54, 1.807) is 24.8 Å². The maximum Gasteiger partial charge on any atom is 0.164 e. The fourth-order valence-electron chi connectivity index (χ4n) is 14.2. The number of benzene rings is 10. The van der Waals surface area contributed by atoms with Crippen molar-refractivity contribution in [1.29, 1.82) is 0 Å².